The van der Waals surface area contributed by atoms with Crippen LogP contribution in [0, 0.1) is 6.92 Å². The van der Waals surface area contributed by atoms with Crippen LogP contribution in [-0.2, 0) is 11.2 Å². The van der Waals surface area contributed by atoms with Gasteiger partial charge in [0, 0.05) is 29.3 Å². The minimum absolute atomic E-state index is 0.0917. The van der Waals surface area contributed by atoms with Gasteiger partial charge in [-0.25, -0.2) is 0 Å². The molecule has 21 heavy (non-hydrogen) atoms. The Balaban J connectivity index is 1.88. The van der Waals surface area contributed by atoms with Crippen LogP contribution >= 0.6 is 0 Å². The number of H-pyrrole nitrogens is 1. The molecule has 1 aromatic heterocycles. The second kappa shape index (κ2) is 5.44. The highest BCUT2D eigenvalue weighted by Crippen LogP contribution is 2.23. The van der Waals surface area contributed by atoms with Gasteiger partial charge in [0.05, 0.1) is 6.42 Å². The summed E-state index contributed by atoms with van der Waals surface area (Å²) in [6, 6.07) is 17.8. The molecule has 0 saturated carbocycles. The van der Waals surface area contributed by atoms with Crippen LogP contribution in [0.1, 0.15) is 11.3 Å². The van der Waals surface area contributed by atoms with Gasteiger partial charge in [0.2, 0.25) is 5.91 Å². The molecule has 0 aliphatic heterocycles. The zero-order chi connectivity index (χ0) is 14.8. The van der Waals surface area contributed by atoms with Gasteiger partial charge in [-0.1, -0.05) is 36.4 Å². The summed E-state index contributed by atoms with van der Waals surface area (Å²) in [5.41, 5.74) is 4.14. The lowest BCUT2D eigenvalue weighted by molar-refractivity contribution is -0.117. The standard InChI is InChI=1S/C18H18N2O/c1-13-16(15-10-6-7-11-17(15)19-13)12-18(21)20(2)14-8-4-3-5-9-14/h3-11,19H,12H2,1-2H3. The van der Waals surface area contributed by atoms with Gasteiger partial charge in [-0.3, -0.25) is 4.79 Å². The SMILES string of the molecule is Cc1[nH]c2ccccc2c1CC(=O)N(C)c1ccccc1. The van der Waals surface area contributed by atoms with E-state index in [4.69, 9.17) is 0 Å². The zero-order valence-electron chi connectivity index (χ0n) is 12.3. The molecule has 0 bridgehead atoms. The van der Waals surface area contributed by atoms with E-state index in [9.17, 15) is 4.79 Å². The lowest BCUT2D eigenvalue weighted by Crippen LogP contribution is -2.27. The second-order valence-electron chi connectivity index (χ2n) is 5.24. The molecule has 0 aliphatic carbocycles. The first-order valence-corrected chi connectivity index (χ1v) is 7.04. The van der Waals surface area contributed by atoms with E-state index in [1.54, 1.807) is 4.90 Å². The van der Waals surface area contributed by atoms with Crippen molar-refractivity contribution in [1.29, 1.82) is 0 Å². The predicted molar refractivity (Wildman–Crippen MR) is 86.6 cm³/mol. The smallest absolute Gasteiger partial charge is 0.231 e. The molecule has 3 nitrogen and oxygen atoms in total. The van der Waals surface area contributed by atoms with Crippen molar-refractivity contribution in [2.24, 2.45) is 0 Å². The minimum Gasteiger partial charge on any atom is -0.358 e. The van der Waals surface area contributed by atoms with Gasteiger partial charge in [0.1, 0.15) is 0 Å². The van der Waals surface area contributed by atoms with Gasteiger partial charge in [0.15, 0.2) is 0 Å². The molecular formula is C18H18N2O. The normalized spacial score (nSPS) is 10.8. The van der Waals surface area contributed by atoms with Gasteiger partial charge in [-0.05, 0) is 30.7 Å². The van der Waals surface area contributed by atoms with Crippen LogP contribution in [0.25, 0.3) is 10.9 Å². The highest BCUT2D eigenvalue weighted by atomic mass is 16.2. The minimum atomic E-state index is 0.0917. The fourth-order valence-electron chi connectivity index (χ4n) is 2.63. The maximum absolute atomic E-state index is 12.5. The third-order valence-corrected chi connectivity index (χ3v) is 3.87. The van der Waals surface area contributed by atoms with E-state index < -0.39 is 0 Å². The molecule has 0 unspecified atom stereocenters. The molecule has 3 rings (SSSR count). The van der Waals surface area contributed by atoms with Crippen LogP contribution in [0.3, 0.4) is 0 Å². The number of fused-ring (bicyclic) bond motifs is 1. The Kier molecular flexibility index (Phi) is 3.48. The third kappa shape index (κ3) is 2.55. The zero-order valence-corrected chi connectivity index (χ0v) is 12.3. The van der Waals surface area contributed by atoms with Crippen molar-refractivity contribution in [3.05, 3.63) is 65.9 Å². The molecule has 1 N–H and O–H groups in total. The lowest BCUT2D eigenvalue weighted by Gasteiger charge is -2.17. The Hall–Kier alpha value is -2.55. The molecule has 0 atom stereocenters. The first-order chi connectivity index (χ1) is 10.2. The Morgan fingerprint density at radius 2 is 1.71 bits per heavy atom. The number of aromatic nitrogens is 1. The van der Waals surface area contributed by atoms with Gasteiger partial charge < -0.3 is 9.88 Å². The predicted octanol–water partition coefficient (Wildman–Crippen LogP) is 3.68. The van der Waals surface area contributed by atoms with Crippen molar-refractivity contribution in [2.75, 3.05) is 11.9 Å². The summed E-state index contributed by atoms with van der Waals surface area (Å²) in [6.07, 6.45) is 0.404. The molecule has 106 valence electrons. The van der Waals surface area contributed by atoms with Crippen LogP contribution in [0.4, 0.5) is 5.69 Å². The fraction of sp³-hybridized carbons (Fsp3) is 0.167. The monoisotopic (exact) mass is 278 g/mol. The van der Waals surface area contributed by atoms with Crippen molar-refractivity contribution in [3.63, 3.8) is 0 Å². The van der Waals surface area contributed by atoms with Crippen LogP contribution in [-0.4, -0.2) is 17.9 Å². The molecule has 0 aliphatic rings. The summed E-state index contributed by atoms with van der Waals surface area (Å²) in [5.74, 6) is 0.0917. The number of carbonyl (C=O) groups excluding carboxylic acids is 1. The summed E-state index contributed by atoms with van der Waals surface area (Å²) in [4.78, 5) is 17.6. The maximum Gasteiger partial charge on any atom is 0.231 e. The summed E-state index contributed by atoms with van der Waals surface area (Å²) >= 11 is 0. The molecule has 0 radical (unpaired) electrons. The number of nitrogens with one attached hydrogen (secondary N) is 1. The molecule has 0 saturated heterocycles. The third-order valence-electron chi connectivity index (χ3n) is 3.87. The van der Waals surface area contributed by atoms with E-state index in [1.807, 2.05) is 62.5 Å². The number of rotatable bonds is 3. The molecule has 0 fully saturated rings. The molecule has 2 aromatic carbocycles. The van der Waals surface area contributed by atoms with E-state index >= 15 is 0 Å². The molecule has 3 aromatic rings. The van der Waals surface area contributed by atoms with Crippen molar-refractivity contribution < 1.29 is 4.79 Å². The van der Waals surface area contributed by atoms with Gasteiger partial charge in [0.25, 0.3) is 0 Å². The van der Waals surface area contributed by atoms with E-state index in [-0.39, 0.29) is 5.91 Å². The quantitative estimate of drug-likeness (QED) is 0.779. The molecule has 0 spiro atoms. The molecule has 1 heterocycles. The Bertz CT molecular complexity index is 774. The number of aromatic amines is 1. The Morgan fingerprint density at radius 1 is 1.05 bits per heavy atom. The number of nitrogens with zero attached hydrogens (tertiary/aromatic N) is 1. The summed E-state index contributed by atoms with van der Waals surface area (Å²) in [5, 5.41) is 1.13. The van der Waals surface area contributed by atoms with E-state index in [0.29, 0.717) is 6.42 Å². The topological polar surface area (TPSA) is 36.1 Å². The molecular weight excluding hydrogens is 260 g/mol. The van der Waals surface area contributed by atoms with Crippen molar-refractivity contribution in [1.82, 2.24) is 4.98 Å². The fourth-order valence-corrected chi connectivity index (χ4v) is 2.63. The second-order valence-corrected chi connectivity index (χ2v) is 5.24. The number of para-hydroxylation sites is 2. The highest BCUT2D eigenvalue weighted by molar-refractivity contribution is 5.97. The number of hydrogen-bond donors (Lipinski definition) is 1. The Labute approximate surface area is 124 Å². The van der Waals surface area contributed by atoms with Gasteiger partial charge >= 0.3 is 0 Å². The average molecular weight is 278 g/mol. The first kappa shape index (κ1) is 13.4. The van der Waals surface area contributed by atoms with E-state index in [1.165, 1.54) is 0 Å². The number of anilines is 1. The van der Waals surface area contributed by atoms with Crippen LogP contribution in [0.2, 0.25) is 0 Å². The highest BCUT2D eigenvalue weighted by Gasteiger charge is 2.16. The van der Waals surface area contributed by atoms with Crippen LogP contribution in [0.15, 0.2) is 54.6 Å². The van der Waals surface area contributed by atoms with E-state index in [2.05, 4.69) is 11.1 Å². The summed E-state index contributed by atoms with van der Waals surface area (Å²) in [6.45, 7) is 2.02. The maximum atomic E-state index is 12.5. The van der Waals surface area contributed by atoms with Gasteiger partial charge in [-0.15, -0.1) is 0 Å². The molecule has 1 amide bonds. The number of amides is 1. The lowest BCUT2D eigenvalue weighted by atomic mass is 10.1. The molecule has 3 heteroatoms. The number of aryl methyl sites for hydroxylation is 1. The number of likely N-dealkylation sites (N-methyl/N-ethyl adjacent to an activating group) is 1. The van der Waals surface area contributed by atoms with Crippen molar-refractivity contribution >= 4 is 22.5 Å². The van der Waals surface area contributed by atoms with Crippen LogP contribution in [0.5, 0.6) is 0 Å². The average Bonchev–Trinajstić information content (AvgIpc) is 2.83. The summed E-state index contributed by atoms with van der Waals surface area (Å²) in [7, 11) is 1.82. The van der Waals surface area contributed by atoms with Crippen LogP contribution < -0.4 is 4.90 Å². The first-order valence-electron chi connectivity index (χ1n) is 7.04. The van der Waals surface area contributed by atoms with Gasteiger partial charge in [-0.2, -0.15) is 0 Å². The number of carbonyl (C=O) groups is 1. The largest absolute Gasteiger partial charge is 0.358 e. The van der Waals surface area contributed by atoms with E-state index in [0.717, 1.165) is 27.8 Å². The number of benzene rings is 2. The van der Waals surface area contributed by atoms with Crippen molar-refractivity contribution in [3.8, 4) is 0 Å². The number of hydrogen-bond acceptors (Lipinski definition) is 1. The summed E-state index contributed by atoms with van der Waals surface area (Å²) < 4.78 is 0. The van der Waals surface area contributed by atoms with Crippen molar-refractivity contribution in [2.45, 2.75) is 13.3 Å². The Morgan fingerprint density at radius 3 is 2.48 bits per heavy atom.